The van der Waals surface area contributed by atoms with Crippen molar-refractivity contribution in [2.45, 2.75) is 11.3 Å². The number of carboxylic acid groups (broad SMARTS) is 1. The molecule has 6 nitrogen and oxygen atoms in total. The highest BCUT2D eigenvalue weighted by atomic mass is 79.9. The number of benzene rings is 1. The minimum atomic E-state index is -3.72. The van der Waals surface area contributed by atoms with Gasteiger partial charge in [0.2, 0.25) is 0 Å². The molecule has 0 saturated heterocycles. The summed E-state index contributed by atoms with van der Waals surface area (Å²) in [6.07, 6.45) is 0.674. The van der Waals surface area contributed by atoms with Gasteiger partial charge in [0.25, 0.3) is 0 Å². The number of halogens is 1. The van der Waals surface area contributed by atoms with E-state index in [4.69, 9.17) is 14.6 Å². The molecule has 0 spiro atoms. The smallest absolute Gasteiger partial charge is 0.337 e. The Balaban J connectivity index is 2.74. The number of ether oxygens (including phenoxy) is 2. The first-order valence-electron chi connectivity index (χ1n) is 6.21. The van der Waals surface area contributed by atoms with Crippen LogP contribution in [-0.4, -0.2) is 52.2 Å². The Labute approximate surface area is 132 Å². The number of carbonyl (C=O) groups is 1. The molecular formula is C13H17BrO6S. The summed E-state index contributed by atoms with van der Waals surface area (Å²) < 4.78 is 35.0. The molecule has 1 aromatic rings. The summed E-state index contributed by atoms with van der Waals surface area (Å²) >= 11 is 3.15. The van der Waals surface area contributed by atoms with Crippen molar-refractivity contribution < 1.29 is 27.8 Å². The second-order valence-corrected chi connectivity index (χ2v) is 7.22. The van der Waals surface area contributed by atoms with Crippen LogP contribution in [0.1, 0.15) is 16.8 Å². The topological polar surface area (TPSA) is 89.9 Å². The number of aromatic carboxylic acids is 1. The molecule has 8 heteroatoms. The van der Waals surface area contributed by atoms with Crippen molar-refractivity contribution in [3.05, 3.63) is 28.2 Å². The van der Waals surface area contributed by atoms with E-state index in [0.29, 0.717) is 24.1 Å². The zero-order chi connectivity index (χ0) is 15.9. The van der Waals surface area contributed by atoms with Crippen LogP contribution in [0.2, 0.25) is 0 Å². The summed E-state index contributed by atoms with van der Waals surface area (Å²) in [5.41, 5.74) is -0.238. The zero-order valence-electron chi connectivity index (χ0n) is 11.5. The van der Waals surface area contributed by atoms with E-state index in [1.165, 1.54) is 18.2 Å². The lowest BCUT2D eigenvalue weighted by atomic mass is 10.2. The van der Waals surface area contributed by atoms with Crippen LogP contribution < -0.4 is 0 Å². The molecule has 1 aromatic carbocycles. The number of carboxylic acids is 1. The highest BCUT2D eigenvalue weighted by molar-refractivity contribution is 9.10. The Morgan fingerprint density at radius 3 is 2.62 bits per heavy atom. The molecule has 0 radical (unpaired) electrons. The summed E-state index contributed by atoms with van der Waals surface area (Å²) in [6, 6.07) is 4.05. The molecule has 0 bridgehead atoms. The van der Waals surface area contributed by atoms with Crippen LogP contribution in [0.3, 0.4) is 0 Å². The molecule has 1 rings (SSSR count). The third-order valence-electron chi connectivity index (χ3n) is 2.64. The minimum absolute atomic E-state index is 0.0115. The lowest BCUT2D eigenvalue weighted by molar-refractivity contribution is 0.0692. The van der Waals surface area contributed by atoms with Crippen LogP contribution in [0.15, 0.2) is 27.6 Å². The molecule has 118 valence electrons. The van der Waals surface area contributed by atoms with Gasteiger partial charge < -0.3 is 14.6 Å². The number of methoxy groups -OCH3 is 1. The Hall–Kier alpha value is -0.960. The highest BCUT2D eigenvalue weighted by Gasteiger charge is 2.22. The van der Waals surface area contributed by atoms with E-state index in [-0.39, 0.29) is 22.8 Å². The summed E-state index contributed by atoms with van der Waals surface area (Å²) in [5.74, 6) is -1.54. The average molecular weight is 381 g/mol. The van der Waals surface area contributed by atoms with Crippen molar-refractivity contribution in [2.24, 2.45) is 0 Å². The van der Waals surface area contributed by atoms with E-state index in [1.54, 1.807) is 7.11 Å². The molecule has 0 atom stereocenters. The number of hydrogen-bond acceptors (Lipinski definition) is 5. The number of rotatable bonds is 9. The first kappa shape index (κ1) is 18.1. The average Bonchev–Trinajstić information content (AvgIpc) is 2.42. The standard InChI is InChI=1S/C13H17BrO6S/c1-19-5-2-6-20-7-8-21(17,18)12-9-10(14)3-4-11(12)13(15)16/h3-4,9H,2,5-8H2,1H3,(H,15,16). The normalized spacial score (nSPS) is 11.5. The second-order valence-electron chi connectivity index (χ2n) is 4.22. The second kappa shape index (κ2) is 8.47. The molecule has 0 aliphatic carbocycles. The molecule has 21 heavy (non-hydrogen) atoms. The Kier molecular flexibility index (Phi) is 7.30. The minimum Gasteiger partial charge on any atom is -0.478 e. The molecule has 0 amide bonds. The molecule has 0 fully saturated rings. The maximum Gasteiger partial charge on any atom is 0.337 e. The SMILES string of the molecule is COCCCOCCS(=O)(=O)c1cc(Br)ccc1C(=O)O. The van der Waals surface area contributed by atoms with Crippen molar-refractivity contribution in [2.75, 3.05) is 32.7 Å². The number of sulfone groups is 1. The van der Waals surface area contributed by atoms with Gasteiger partial charge in [-0.2, -0.15) is 0 Å². The van der Waals surface area contributed by atoms with Crippen LogP contribution in [-0.2, 0) is 19.3 Å². The van der Waals surface area contributed by atoms with Gasteiger partial charge >= 0.3 is 5.97 Å². The fourth-order valence-corrected chi connectivity index (χ4v) is 3.48. The lowest BCUT2D eigenvalue weighted by Gasteiger charge is -2.09. The summed E-state index contributed by atoms with van der Waals surface area (Å²) in [6.45, 7) is 0.951. The Morgan fingerprint density at radius 2 is 2.00 bits per heavy atom. The van der Waals surface area contributed by atoms with E-state index in [2.05, 4.69) is 15.9 Å². The van der Waals surface area contributed by atoms with Crippen molar-refractivity contribution >= 4 is 31.7 Å². The molecule has 1 N–H and O–H groups in total. The zero-order valence-corrected chi connectivity index (χ0v) is 13.9. The highest BCUT2D eigenvalue weighted by Crippen LogP contribution is 2.22. The van der Waals surface area contributed by atoms with Gasteiger partial charge in [-0.25, -0.2) is 13.2 Å². The fourth-order valence-electron chi connectivity index (χ4n) is 1.62. The van der Waals surface area contributed by atoms with Gasteiger partial charge in [-0.15, -0.1) is 0 Å². The van der Waals surface area contributed by atoms with Gasteiger partial charge in [0, 0.05) is 24.8 Å². The van der Waals surface area contributed by atoms with Crippen molar-refractivity contribution in [1.29, 1.82) is 0 Å². The lowest BCUT2D eigenvalue weighted by Crippen LogP contribution is -2.16. The van der Waals surface area contributed by atoms with Crippen molar-refractivity contribution in [3.63, 3.8) is 0 Å². The maximum absolute atomic E-state index is 12.2. The first-order valence-corrected chi connectivity index (χ1v) is 8.65. The first-order chi connectivity index (χ1) is 9.88. The van der Waals surface area contributed by atoms with Crippen LogP contribution in [0.25, 0.3) is 0 Å². The third-order valence-corrected chi connectivity index (χ3v) is 4.85. The molecular weight excluding hydrogens is 364 g/mol. The summed E-state index contributed by atoms with van der Waals surface area (Å²) in [5, 5.41) is 9.06. The van der Waals surface area contributed by atoms with E-state index < -0.39 is 15.8 Å². The van der Waals surface area contributed by atoms with Crippen molar-refractivity contribution in [1.82, 2.24) is 0 Å². The van der Waals surface area contributed by atoms with Gasteiger partial charge in [0.05, 0.1) is 22.8 Å². The van der Waals surface area contributed by atoms with Gasteiger partial charge in [-0.3, -0.25) is 0 Å². The Morgan fingerprint density at radius 1 is 1.29 bits per heavy atom. The van der Waals surface area contributed by atoms with E-state index in [9.17, 15) is 13.2 Å². The van der Waals surface area contributed by atoms with E-state index in [0.717, 1.165) is 0 Å². The quantitative estimate of drug-likeness (QED) is 0.658. The van der Waals surface area contributed by atoms with Gasteiger partial charge in [0.1, 0.15) is 0 Å². The molecule has 0 unspecified atom stereocenters. The van der Waals surface area contributed by atoms with Crippen molar-refractivity contribution in [3.8, 4) is 0 Å². The van der Waals surface area contributed by atoms with Crippen LogP contribution in [0.4, 0.5) is 0 Å². The van der Waals surface area contributed by atoms with Crippen LogP contribution in [0, 0.1) is 0 Å². The monoisotopic (exact) mass is 380 g/mol. The maximum atomic E-state index is 12.2. The van der Waals surface area contributed by atoms with E-state index >= 15 is 0 Å². The Bertz CT molecular complexity index is 584. The predicted octanol–water partition coefficient (Wildman–Crippen LogP) is 1.97. The van der Waals surface area contributed by atoms with Crippen LogP contribution in [0.5, 0.6) is 0 Å². The summed E-state index contributed by atoms with van der Waals surface area (Å²) in [7, 11) is -2.14. The van der Waals surface area contributed by atoms with Gasteiger partial charge in [-0.05, 0) is 24.6 Å². The molecule has 0 aromatic heterocycles. The fraction of sp³-hybridized carbons (Fsp3) is 0.462. The van der Waals surface area contributed by atoms with E-state index in [1.807, 2.05) is 0 Å². The van der Waals surface area contributed by atoms with Gasteiger partial charge in [-0.1, -0.05) is 15.9 Å². The third kappa shape index (κ3) is 5.74. The molecule has 0 aliphatic heterocycles. The number of hydrogen-bond donors (Lipinski definition) is 1. The summed E-state index contributed by atoms with van der Waals surface area (Å²) in [4.78, 5) is 10.9. The molecule has 0 saturated carbocycles. The molecule has 0 aliphatic rings. The van der Waals surface area contributed by atoms with Gasteiger partial charge in [0.15, 0.2) is 9.84 Å². The largest absolute Gasteiger partial charge is 0.478 e. The molecule has 0 heterocycles. The predicted molar refractivity (Wildman–Crippen MR) is 80.5 cm³/mol. The van der Waals surface area contributed by atoms with Crippen LogP contribution >= 0.6 is 15.9 Å².